The summed E-state index contributed by atoms with van der Waals surface area (Å²) in [7, 11) is 1.34. The zero-order valence-corrected chi connectivity index (χ0v) is 12.4. The van der Waals surface area contributed by atoms with Gasteiger partial charge in [-0.2, -0.15) is 8.78 Å². The van der Waals surface area contributed by atoms with Crippen LogP contribution in [0.25, 0.3) is 0 Å². The van der Waals surface area contributed by atoms with Crippen LogP contribution in [0.3, 0.4) is 0 Å². The summed E-state index contributed by atoms with van der Waals surface area (Å²) < 4.78 is 28.4. The van der Waals surface area contributed by atoms with Crippen molar-refractivity contribution in [3.05, 3.63) is 17.2 Å². The van der Waals surface area contributed by atoms with Crippen LogP contribution in [0.1, 0.15) is 43.7 Å². The van der Waals surface area contributed by atoms with Crippen molar-refractivity contribution in [3.8, 4) is 0 Å². The van der Waals surface area contributed by atoms with Crippen LogP contribution in [0, 0.1) is 5.92 Å². The van der Waals surface area contributed by atoms with Gasteiger partial charge in [0.2, 0.25) is 5.28 Å². The fraction of sp³-hybridized carbons (Fsp3) is 0.643. The third-order valence-electron chi connectivity index (χ3n) is 4.54. The SMILES string of the molecule is CN1C(=O)C(F)(F)CC(C2CCCC2)c2nc(Cl)ncc21. The molecule has 3 rings (SSSR count). The first-order valence-corrected chi connectivity index (χ1v) is 7.46. The molecule has 0 radical (unpaired) electrons. The van der Waals surface area contributed by atoms with Gasteiger partial charge in [-0.1, -0.05) is 12.8 Å². The second kappa shape index (κ2) is 5.16. The molecular formula is C14H16ClF2N3O. The molecule has 114 valence electrons. The summed E-state index contributed by atoms with van der Waals surface area (Å²) in [5.41, 5.74) is 0.827. The van der Waals surface area contributed by atoms with Crippen molar-refractivity contribution in [1.82, 2.24) is 9.97 Å². The lowest BCUT2D eigenvalue weighted by molar-refractivity contribution is -0.143. The molecule has 0 aromatic carbocycles. The van der Waals surface area contributed by atoms with Crippen LogP contribution in [-0.4, -0.2) is 28.8 Å². The Hall–Kier alpha value is -1.30. The van der Waals surface area contributed by atoms with Gasteiger partial charge in [0.15, 0.2) is 0 Å². The molecule has 1 saturated carbocycles. The van der Waals surface area contributed by atoms with E-state index in [1.165, 1.54) is 13.2 Å². The maximum Gasteiger partial charge on any atom is 0.325 e. The Labute approximate surface area is 126 Å². The lowest BCUT2D eigenvalue weighted by Crippen LogP contribution is -2.40. The molecule has 1 amide bonds. The molecule has 1 fully saturated rings. The zero-order chi connectivity index (χ0) is 15.2. The van der Waals surface area contributed by atoms with Crippen LogP contribution in [0.5, 0.6) is 0 Å². The minimum absolute atomic E-state index is 0.0304. The Morgan fingerprint density at radius 3 is 2.71 bits per heavy atom. The van der Waals surface area contributed by atoms with Crippen molar-refractivity contribution in [1.29, 1.82) is 0 Å². The summed E-state index contributed by atoms with van der Waals surface area (Å²) in [4.78, 5) is 20.9. The molecule has 1 aromatic rings. The van der Waals surface area contributed by atoms with E-state index in [9.17, 15) is 13.6 Å². The lowest BCUT2D eigenvalue weighted by atomic mass is 9.83. The largest absolute Gasteiger partial charge is 0.325 e. The van der Waals surface area contributed by atoms with Crippen molar-refractivity contribution < 1.29 is 13.6 Å². The Morgan fingerprint density at radius 1 is 1.38 bits per heavy atom. The molecule has 4 nitrogen and oxygen atoms in total. The van der Waals surface area contributed by atoms with E-state index in [1.807, 2.05) is 0 Å². The van der Waals surface area contributed by atoms with Crippen LogP contribution in [-0.2, 0) is 4.79 Å². The van der Waals surface area contributed by atoms with Crippen molar-refractivity contribution in [2.75, 3.05) is 11.9 Å². The smallest absolute Gasteiger partial charge is 0.307 e. The summed E-state index contributed by atoms with van der Waals surface area (Å²) in [5.74, 6) is -4.91. The molecule has 0 N–H and O–H groups in total. The minimum atomic E-state index is -3.38. The zero-order valence-electron chi connectivity index (χ0n) is 11.7. The highest BCUT2D eigenvalue weighted by molar-refractivity contribution is 6.28. The number of fused-ring (bicyclic) bond motifs is 1. The third kappa shape index (κ3) is 2.50. The number of aromatic nitrogens is 2. The molecule has 1 unspecified atom stereocenters. The number of hydrogen-bond donors (Lipinski definition) is 0. The minimum Gasteiger partial charge on any atom is -0.307 e. The average Bonchev–Trinajstić information content (AvgIpc) is 2.94. The standard InChI is InChI=1S/C14H16ClF2N3O/c1-20-10-7-18-13(15)19-11(10)9(8-4-2-3-5-8)6-14(16,17)12(20)21/h7-9H,2-6H2,1H3. The van der Waals surface area contributed by atoms with Gasteiger partial charge in [0, 0.05) is 19.4 Å². The van der Waals surface area contributed by atoms with Gasteiger partial charge in [-0.05, 0) is 30.4 Å². The number of carbonyl (C=O) groups is 1. The van der Waals surface area contributed by atoms with Gasteiger partial charge in [-0.25, -0.2) is 9.97 Å². The van der Waals surface area contributed by atoms with E-state index in [0.717, 1.165) is 30.6 Å². The second-order valence-corrected chi connectivity index (χ2v) is 6.17. The van der Waals surface area contributed by atoms with Crippen LogP contribution < -0.4 is 4.90 Å². The van der Waals surface area contributed by atoms with Crippen LogP contribution >= 0.6 is 11.6 Å². The number of halogens is 3. The third-order valence-corrected chi connectivity index (χ3v) is 4.73. The highest BCUT2D eigenvalue weighted by Gasteiger charge is 2.49. The Morgan fingerprint density at radius 2 is 2.05 bits per heavy atom. The molecule has 0 saturated heterocycles. The molecule has 2 heterocycles. The van der Waals surface area contributed by atoms with Gasteiger partial charge >= 0.3 is 5.92 Å². The predicted molar refractivity (Wildman–Crippen MR) is 74.7 cm³/mol. The summed E-state index contributed by atoms with van der Waals surface area (Å²) in [5, 5.41) is 0.0304. The van der Waals surface area contributed by atoms with Gasteiger partial charge in [0.25, 0.3) is 5.91 Å². The fourth-order valence-corrected chi connectivity index (χ4v) is 3.60. The molecule has 7 heteroatoms. The van der Waals surface area contributed by atoms with Gasteiger partial charge in [-0.15, -0.1) is 0 Å². The maximum absolute atomic E-state index is 14.2. The first-order chi connectivity index (χ1) is 9.90. The highest BCUT2D eigenvalue weighted by atomic mass is 35.5. The molecule has 0 spiro atoms. The Bertz CT molecular complexity index is 575. The van der Waals surface area contributed by atoms with Gasteiger partial charge in [0.1, 0.15) is 0 Å². The molecule has 21 heavy (non-hydrogen) atoms. The maximum atomic E-state index is 14.2. The van der Waals surface area contributed by atoms with E-state index in [-0.39, 0.29) is 11.2 Å². The van der Waals surface area contributed by atoms with E-state index in [2.05, 4.69) is 9.97 Å². The summed E-state index contributed by atoms with van der Waals surface area (Å²) in [6.45, 7) is 0. The van der Waals surface area contributed by atoms with Crippen molar-refractivity contribution >= 4 is 23.2 Å². The molecule has 2 aliphatic rings. The van der Waals surface area contributed by atoms with Gasteiger partial charge in [0.05, 0.1) is 17.6 Å². The number of nitrogens with zero attached hydrogens (tertiary/aromatic N) is 3. The molecule has 0 bridgehead atoms. The summed E-state index contributed by atoms with van der Waals surface area (Å²) in [6.07, 6.45) is 4.71. The number of hydrogen-bond acceptors (Lipinski definition) is 3. The number of carbonyl (C=O) groups excluding carboxylic acids is 1. The number of amides is 1. The van der Waals surface area contributed by atoms with E-state index in [0.29, 0.717) is 11.4 Å². The van der Waals surface area contributed by atoms with E-state index in [4.69, 9.17) is 11.6 Å². The van der Waals surface area contributed by atoms with Crippen LogP contribution in [0.4, 0.5) is 14.5 Å². The number of anilines is 1. The normalized spacial score (nSPS) is 25.8. The summed E-state index contributed by atoms with van der Waals surface area (Å²) in [6, 6.07) is 0. The van der Waals surface area contributed by atoms with E-state index < -0.39 is 24.2 Å². The van der Waals surface area contributed by atoms with Crippen molar-refractivity contribution in [2.24, 2.45) is 5.92 Å². The Kier molecular flexibility index (Phi) is 3.59. The van der Waals surface area contributed by atoms with E-state index >= 15 is 0 Å². The molecule has 1 aliphatic heterocycles. The fourth-order valence-electron chi connectivity index (χ4n) is 3.46. The van der Waals surface area contributed by atoms with Crippen molar-refractivity contribution in [3.63, 3.8) is 0 Å². The van der Waals surface area contributed by atoms with Gasteiger partial charge in [-0.3, -0.25) is 4.79 Å². The first kappa shape index (κ1) is 14.6. The van der Waals surface area contributed by atoms with Crippen LogP contribution in [0.2, 0.25) is 5.28 Å². The molecule has 1 aromatic heterocycles. The number of rotatable bonds is 1. The van der Waals surface area contributed by atoms with Gasteiger partial charge < -0.3 is 4.90 Å². The molecule has 1 atom stereocenters. The van der Waals surface area contributed by atoms with E-state index in [1.54, 1.807) is 0 Å². The summed E-state index contributed by atoms with van der Waals surface area (Å²) >= 11 is 5.84. The average molecular weight is 316 g/mol. The topological polar surface area (TPSA) is 46.1 Å². The monoisotopic (exact) mass is 315 g/mol. The number of alkyl halides is 2. The highest BCUT2D eigenvalue weighted by Crippen LogP contribution is 2.47. The lowest BCUT2D eigenvalue weighted by Gasteiger charge is -2.24. The molecular weight excluding hydrogens is 300 g/mol. The predicted octanol–water partition coefficient (Wildman–Crippen LogP) is 3.41. The van der Waals surface area contributed by atoms with Crippen molar-refractivity contribution in [2.45, 2.75) is 43.9 Å². The van der Waals surface area contributed by atoms with Crippen LogP contribution in [0.15, 0.2) is 6.20 Å². The first-order valence-electron chi connectivity index (χ1n) is 7.08. The second-order valence-electron chi connectivity index (χ2n) is 5.83. The Balaban J connectivity index is 2.12. The molecule has 1 aliphatic carbocycles. The quantitative estimate of drug-likeness (QED) is 0.746.